The van der Waals surface area contributed by atoms with E-state index in [-0.39, 0.29) is 24.8 Å². The summed E-state index contributed by atoms with van der Waals surface area (Å²) in [5.41, 5.74) is 2.18. The van der Waals surface area contributed by atoms with E-state index in [0.29, 0.717) is 5.69 Å². The summed E-state index contributed by atoms with van der Waals surface area (Å²) in [6.07, 6.45) is 2.91. The number of ether oxygens (including phenoxy) is 1. The zero-order valence-corrected chi connectivity index (χ0v) is 14.4. The number of para-hydroxylation sites is 1. The Kier molecular flexibility index (Phi) is 6.95. The Morgan fingerprint density at radius 1 is 1.19 bits per heavy atom. The van der Waals surface area contributed by atoms with Gasteiger partial charge in [-0.2, -0.15) is 5.26 Å². The van der Waals surface area contributed by atoms with Crippen molar-refractivity contribution < 1.29 is 14.3 Å². The Morgan fingerprint density at radius 2 is 2.00 bits per heavy atom. The van der Waals surface area contributed by atoms with E-state index in [2.05, 4.69) is 10.6 Å². The summed E-state index contributed by atoms with van der Waals surface area (Å²) in [5.74, 6) is 0.0739. The van der Waals surface area contributed by atoms with Gasteiger partial charge in [0, 0.05) is 18.3 Å². The maximum atomic E-state index is 12.0. The zero-order chi connectivity index (χ0) is 18.8. The SMILES string of the molecule is COc1cccc(/C=C/C(=O)NCc2ccccc2NC(=O)CC#N)c1. The summed E-state index contributed by atoms with van der Waals surface area (Å²) in [6.45, 7) is 0.254. The second-order valence-electron chi connectivity index (χ2n) is 5.37. The van der Waals surface area contributed by atoms with Crippen molar-refractivity contribution in [1.29, 1.82) is 5.26 Å². The van der Waals surface area contributed by atoms with Crippen LogP contribution in [0.3, 0.4) is 0 Å². The molecule has 26 heavy (non-hydrogen) atoms. The largest absolute Gasteiger partial charge is 0.497 e. The number of hydrogen-bond donors (Lipinski definition) is 2. The third kappa shape index (κ3) is 5.80. The molecule has 2 amide bonds. The van der Waals surface area contributed by atoms with Crippen LogP contribution in [-0.4, -0.2) is 18.9 Å². The average molecular weight is 349 g/mol. The van der Waals surface area contributed by atoms with E-state index in [0.717, 1.165) is 16.9 Å². The lowest BCUT2D eigenvalue weighted by molar-refractivity contribution is -0.116. The maximum absolute atomic E-state index is 12.0. The normalized spacial score (nSPS) is 10.2. The highest BCUT2D eigenvalue weighted by Gasteiger charge is 2.06. The number of nitrogens with one attached hydrogen (secondary N) is 2. The van der Waals surface area contributed by atoms with Crippen molar-refractivity contribution in [3.05, 3.63) is 65.7 Å². The number of carbonyl (C=O) groups excluding carboxylic acids is 2. The van der Waals surface area contributed by atoms with Crippen LogP contribution < -0.4 is 15.4 Å². The molecule has 6 nitrogen and oxygen atoms in total. The van der Waals surface area contributed by atoms with Crippen molar-refractivity contribution in [2.45, 2.75) is 13.0 Å². The van der Waals surface area contributed by atoms with Crippen molar-refractivity contribution in [2.24, 2.45) is 0 Å². The number of carbonyl (C=O) groups is 2. The summed E-state index contributed by atoms with van der Waals surface area (Å²) in [7, 11) is 1.59. The van der Waals surface area contributed by atoms with Crippen LogP contribution in [-0.2, 0) is 16.1 Å². The molecule has 0 aliphatic heterocycles. The lowest BCUT2D eigenvalue weighted by Gasteiger charge is -2.10. The van der Waals surface area contributed by atoms with Gasteiger partial charge >= 0.3 is 0 Å². The Bertz CT molecular complexity index is 853. The summed E-state index contributed by atoms with van der Waals surface area (Å²) in [4.78, 5) is 23.6. The molecule has 2 aromatic carbocycles. The highest BCUT2D eigenvalue weighted by Crippen LogP contribution is 2.15. The van der Waals surface area contributed by atoms with Crippen LogP contribution in [0.15, 0.2) is 54.6 Å². The molecule has 0 aliphatic carbocycles. The van der Waals surface area contributed by atoms with Gasteiger partial charge in [0.05, 0.1) is 13.2 Å². The third-order valence-electron chi connectivity index (χ3n) is 3.51. The van der Waals surface area contributed by atoms with Gasteiger partial charge in [0.2, 0.25) is 11.8 Å². The van der Waals surface area contributed by atoms with E-state index in [1.165, 1.54) is 6.08 Å². The minimum atomic E-state index is -0.385. The zero-order valence-electron chi connectivity index (χ0n) is 14.4. The molecule has 0 fully saturated rings. The number of amides is 2. The molecular formula is C20H19N3O3. The summed E-state index contributed by atoms with van der Waals surface area (Å²) in [5, 5.41) is 14.0. The maximum Gasteiger partial charge on any atom is 0.244 e. The number of benzene rings is 2. The third-order valence-corrected chi connectivity index (χ3v) is 3.51. The lowest BCUT2D eigenvalue weighted by Crippen LogP contribution is -2.21. The molecule has 132 valence electrons. The fourth-order valence-corrected chi connectivity index (χ4v) is 2.22. The first-order valence-electron chi connectivity index (χ1n) is 7.97. The lowest BCUT2D eigenvalue weighted by atomic mass is 10.1. The molecule has 0 saturated carbocycles. The molecule has 0 aromatic heterocycles. The van der Waals surface area contributed by atoms with Gasteiger partial charge < -0.3 is 15.4 Å². The Balaban J connectivity index is 1.96. The number of nitrogens with zero attached hydrogens (tertiary/aromatic N) is 1. The van der Waals surface area contributed by atoms with Gasteiger partial charge in [0.15, 0.2) is 0 Å². The highest BCUT2D eigenvalue weighted by atomic mass is 16.5. The van der Waals surface area contributed by atoms with Gasteiger partial charge in [0.1, 0.15) is 12.2 Å². The molecule has 2 aromatic rings. The highest BCUT2D eigenvalue weighted by molar-refractivity contribution is 5.93. The Hall–Kier alpha value is -3.59. The molecule has 0 heterocycles. The van der Waals surface area contributed by atoms with Crippen molar-refractivity contribution in [3.8, 4) is 11.8 Å². The second-order valence-corrected chi connectivity index (χ2v) is 5.37. The van der Waals surface area contributed by atoms with Crippen LogP contribution >= 0.6 is 0 Å². The smallest absolute Gasteiger partial charge is 0.244 e. The molecule has 0 unspecified atom stereocenters. The molecule has 6 heteroatoms. The standard InChI is InChI=1S/C20H19N3O3/c1-26-17-7-4-5-15(13-17)9-10-19(24)22-14-16-6-2-3-8-18(16)23-20(25)11-12-21/h2-10,13H,11,14H2,1H3,(H,22,24)(H,23,25)/b10-9+. The molecule has 0 aliphatic rings. The minimum Gasteiger partial charge on any atom is -0.497 e. The van der Waals surface area contributed by atoms with Crippen LogP contribution in [0.2, 0.25) is 0 Å². The average Bonchev–Trinajstić information content (AvgIpc) is 2.66. The summed E-state index contributed by atoms with van der Waals surface area (Å²) in [6, 6.07) is 16.3. The van der Waals surface area contributed by atoms with Crippen LogP contribution in [0.1, 0.15) is 17.5 Å². The summed E-state index contributed by atoms with van der Waals surface area (Å²) >= 11 is 0. The van der Waals surface area contributed by atoms with Crippen LogP contribution in [0.25, 0.3) is 6.08 Å². The van der Waals surface area contributed by atoms with Crippen molar-refractivity contribution >= 4 is 23.6 Å². The number of methoxy groups -OCH3 is 1. The second kappa shape index (κ2) is 9.64. The van der Waals surface area contributed by atoms with Gasteiger partial charge in [-0.3, -0.25) is 9.59 Å². The van der Waals surface area contributed by atoms with Crippen LogP contribution in [0.4, 0.5) is 5.69 Å². The van der Waals surface area contributed by atoms with E-state index in [1.807, 2.05) is 30.3 Å². The van der Waals surface area contributed by atoms with E-state index in [9.17, 15) is 9.59 Å². The Labute approximate surface area is 152 Å². The molecule has 0 saturated heterocycles. The molecule has 0 radical (unpaired) electrons. The van der Waals surface area contributed by atoms with Crippen LogP contribution in [0.5, 0.6) is 5.75 Å². The van der Waals surface area contributed by atoms with E-state index < -0.39 is 0 Å². The first-order chi connectivity index (χ1) is 12.6. The molecular weight excluding hydrogens is 330 g/mol. The van der Waals surface area contributed by atoms with Gasteiger partial charge in [-0.15, -0.1) is 0 Å². The van der Waals surface area contributed by atoms with Crippen LogP contribution in [0, 0.1) is 11.3 Å². The predicted molar refractivity (Wildman–Crippen MR) is 99.2 cm³/mol. The number of nitriles is 1. The topological polar surface area (TPSA) is 91.2 Å². The van der Waals surface area contributed by atoms with Crippen molar-refractivity contribution in [1.82, 2.24) is 5.32 Å². The number of hydrogen-bond acceptors (Lipinski definition) is 4. The molecule has 2 rings (SSSR count). The van der Waals surface area contributed by atoms with Crippen molar-refractivity contribution in [2.75, 3.05) is 12.4 Å². The molecule has 2 N–H and O–H groups in total. The van der Waals surface area contributed by atoms with Crippen molar-refractivity contribution in [3.63, 3.8) is 0 Å². The molecule has 0 atom stereocenters. The minimum absolute atomic E-state index is 0.218. The van der Waals surface area contributed by atoms with E-state index in [1.54, 1.807) is 37.5 Å². The Morgan fingerprint density at radius 3 is 2.77 bits per heavy atom. The first kappa shape index (κ1) is 18.7. The van der Waals surface area contributed by atoms with Gasteiger partial charge in [-0.1, -0.05) is 30.3 Å². The quantitative estimate of drug-likeness (QED) is 0.752. The number of rotatable bonds is 7. The van der Waals surface area contributed by atoms with Gasteiger partial charge in [0.25, 0.3) is 0 Å². The molecule has 0 spiro atoms. The predicted octanol–water partition coefficient (Wildman–Crippen LogP) is 2.88. The van der Waals surface area contributed by atoms with E-state index >= 15 is 0 Å². The fraction of sp³-hybridized carbons (Fsp3) is 0.150. The monoisotopic (exact) mass is 349 g/mol. The first-order valence-corrected chi connectivity index (χ1v) is 7.97. The van der Waals surface area contributed by atoms with Gasteiger partial charge in [-0.05, 0) is 35.4 Å². The summed E-state index contributed by atoms with van der Waals surface area (Å²) < 4.78 is 5.14. The van der Waals surface area contributed by atoms with E-state index in [4.69, 9.17) is 10.00 Å². The molecule has 0 bridgehead atoms. The van der Waals surface area contributed by atoms with Gasteiger partial charge in [-0.25, -0.2) is 0 Å². The number of anilines is 1. The fourth-order valence-electron chi connectivity index (χ4n) is 2.22.